The average molecular weight is 181 g/mol. The van der Waals surface area contributed by atoms with Gasteiger partial charge in [-0.2, -0.15) is 0 Å². The van der Waals surface area contributed by atoms with E-state index in [4.69, 9.17) is 0 Å². The number of thiol groups is 1. The number of nitrogens with zero attached hydrogens (tertiary/aromatic N) is 1. The van der Waals surface area contributed by atoms with Crippen LogP contribution in [-0.2, 0) is 0 Å². The first-order chi connectivity index (χ1) is 5.52. The summed E-state index contributed by atoms with van der Waals surface area (Å²) < 4.78 is 0. The number of aromatic nitrogens is 1. The highest BCUT2D eigenvalue weighted by Gasteiger charge is 2.05. The van der Waals surface area contributed by atoms with Gasteiger partial charge in [0.2, 0.25) is 0 Å². The second kappa shape index (κ2) is 3.48. The average Bonchev–Trinajstić information content (AvgIpc) is 1.99. The van der Waals surface area contributed by atoms with Crippen LogP contribution in [0.2, 0.25) is 0 Å². The molecule has 0 radical (unpaired) electrons. The topological polar surface area (TPSA) is 12.9 Å². The van der Waals surface area contributed by atoms with E-state index in [1.54, 1.807) is 0 Å². The maximum Gasteiger partial charge on any atom is 0.0964 e. The molecule has 1 aromatic rings. The molecule has 0 bridgehead atoms. The molecule has 0 saturated heterocycles. The molecule has 0 atom stereocenters. The molecule has 0 unspecified atom stereocenters. The van der Waals surface area contributed by atoms with Crippen molar-refractivity contribution in [2.45, 2.75) is 38.6 Å². The summed E-state index contributed by atoms with van der Waals surface area (Å²) in [6, 6.07) is 2.14. The van der Waals surface area contributed by atoms with E-state index in [9.17, 15) is 0 Å². The molecule has 0 aliphatic carbocycles. The lowest BCUT2D eigenvalue weighted by molar-refractivity contribution is 0.795. The summed E-state index contributed by atoms with van der Waals surface area (Å²) in [7, 11) is 0. The zero-order chi connectivity index (χ0) is 9.30. The van der Waals surface area contributed by atoms with E-state index in [-0.39, 0.29) is 0 Å². The minimum absolute atomic E-state index is 0.482. The molecule has 1 nitrogen and oxygen atoms in total. The number of rotatable bonds is 1. The van der Waals surface area contributed by atoms with Crippen LogP contribution in [-0.4, -0.2) is 4.98 Å². The Morgan fingerprint density at radius 3 is 2.33 bits per heavy atom. The van der Waals surface area contributed by atoms with Gasteiger partial charge in [-0.1, -0.05) is 13.8 Å². The molecule has 0 aromatic carbocycles. The second-order valence-electron chi connectivity index (χ2n) is 3.47. The molecule has 0 saturated carbocycles. The zero-order valence-electron chi connectivity index (χ0n) is 8.05. The third kappa shape index (κ3) is 1.81. The van der Waals surface area contributed by atoms with Crippen LogP contribution in [0.1, 0.15) is 36.6 Å². The molecule has 1 heterocycles. The Morgan fingerprint density at radius 1 is 1.33 bits per heavy atom. The Bertz CT molecular complexity index is 269. The van der Waals surface area contributed by atoms with E-state index in [0.717, 1.165) is 10.7 Å². The smallest absolute Gasteiger partial charge is 0.0964 e. The van der Waals surface area contributed by atoms with Gasteiger partial charge < -0.3 is 0 Å². The fourth-order valence-corrected chi connectivity index (χ4v) is 1.33. The van der Waals surface area contributed by atoms with Crippen molar-refractivity contribution >= 4 is 12.6 Å². The largest absolute Gasteiger partial charge is 0.246 e. The van der Waals surface area contributed by atoms with Crippen LogP contribution in [0.5, 0.6) is 0 Å². The predicted octanol–water partition coefficient (Wildman–Crippen LogP) is 3.11. The third-order valence-electron chi connectivity index (χ3n) is 2.12. The molecular formula is C10H15NS. The highest BCUT2D eigenvalue weighted by molar-refractivity contribution is 7.80. The molecule has 0 aliphatic heterocycles. The summed E-state index contributed by atoms with van der Waals surface area (Å²) in [5.41, 5.74) is 3.59. The first-order valence-electron chi connectivity index (χ1n) is 4.19. The van der Waals surface area contributed by atoms with Gasteiger partial charge in [0, 0.05) is 5.69 Å². The molecule has 1 aromatic heterocycles. The van der Waals surface area contributed by atoms with Crippen LogP contribution < -0.4 is 0 Å². The molecular weight excluding hydrogens is 166 g/mol. The lowest BCUT2D eigenvalue weighted by Gasteiger charge is -2.09. The lowest BCUT2D eigenvalue weighted by atomic mass is 10.1. The summed E-state index contributed by atoms with van der Waals surface area (Å²) >= 11 is 4.32. The summed E-state index contributed by atoms with van der Waals surface area (Å²) in [6.45, 7) is 8.44. The van der Waals surface area contributed by atoms with Crippen LogP contribution in [0.25, 0.3) is 0 Å². The van der Waals surface area contributed by atoms with E-state index in [1.807, 2.05) is 0 Å². The van der Waals surface area contributed by atoms with Gasteiger partial charge in [0.15, 0.2) is 0 Å². The third-order valence-corrected chi connectivity index (χ3v) is 2.55. The number of aryl methyl sites for hydroxylation is 1. The number of hydrogen-bond acceptors (Lipinski definition) is 2. The van der Waals surface area contributed by atoms with Crippen molar-refractivity contribution in [1.29, 1.82) is 0 Å². The van der Waals surface area contributed by atoms with Crippen LogP contribution in [0.3, 0.4) is 0 Å². The lowest BCUT2D eigenvalue weighted by Crippen LogP contribution is -1.97. The van der Waals surface area contributed by atoms with E-state index in [2.05, 4.69) is 51.4 Å². The van der Waals surface area contributed by atoms with Crippen molar-refractivity contribution in [2.75, 3.05) is 0 Å². The Hall–Kier alpha value is -0.500. The van der Waals surface area contributed by atoms with Crippen molar-refractivity contribution in [1.82, 2.24) is 4.98 Å². The predicted molar refractivity (Wildman–Crippen MR) is 55.1 cm³/mol. The molecule has 0 aliphatic rings. The molecule has 0 fully saturated rings. The Morgan fingerprint density at radius 2 is 1.92 bits per heavy atom. The van der Waals surface area contributed by atoms with Crippen LogP contribution in [0.4, 0.5) is 0 Å². The first-order valence-corrected chi connectivity index (χ1v) is 4.64. The number of hydrogen-bond donors (Lipinski definition) is 1. The molecule has 66 valence electrons. The van der Waals surface area contributed by atoms with Gasteiger partial charge in [0.25, 0.3) is 0 Å². The quantitative estimate of drug-likeness (QED) is 0.657. The minimum Gasteiger partial charge on any atom is -0.246 e. The second-order valence-corrected chi connectivity index (χ2v) is 3.89. The first kappa shape index (κ1) is 9.59. The molecule has 12 heavy (non-hydrogen) atoms. The van der Waals surface area contributed by atoms with Crippen LogP contribution >= 0.6 is 12.6 Å². The van der Waals surface area contributed by atoms with Gasteiger partial charge >= 0.3 is 0 Å². The van der Waals surface area contributed by atoms with Crippen LogP contribution in [0, 0.1) is 13.8 Å². The minimum atomic E-state index is 0.482. The maximum absolute atomic E-state index is 4.40. The summed E-state index contributed by atoms with van der Waals surface area (Å²) in [5, 5.41) is 0.860. The molecule has 1 rings (SSSR count). The van der Waals surface area contributed by atoms with Crippen molar-refractivity contribution in [2.24, 2.45) is 0 Å². The van der Waals surface area contributed by atoms with Gasteiger partial charge in [-0.15, -0.1) is 12.6 Å². The van der Waals surface area contributed by atoms with Crippen molar-refractivity contribution in [3.63, 3.8) is 0 Å². The highest BCUT2D eigenvalue weighted by atomic mass is 32.1. The summed E-state index contributed by atoms with van der Waals surface area (Å²) in [6.07, 6.45) is 0. The van der Waals surface area contributed by atoms with Gasteiger partial charge in [0.1, 0.15) is 0 Å². The zero-order valence-corrected chi connectivity index (χ0v) is 8.94. The fraction of sp³-hybridized carbons (Fsp3) is 0.500. The van der Waals surface area contributed by atoms with Gasteiger partial charge in [-0.25, -0.2) is 4.98 Å². The fourth-order valence-electron chi connectivity index (χ4n) is 1.04. The van der Waals surface area contributed by atoms with E-state index in [0.29, 0.717) is 5.92 Å². The van der Waals surface area contributed by atoms with Gasteiger partial charge in [-0.3, -0.25) is 0 Å². The van der Waals surface area contributed by atoms with E-state index in [1.165, 1.54) is 11.1 Å². The summed E-state index contributed by atoms with van der Waals surface area (Å²) in [5.74, 6) is 0.482. The standard InChI is InChI=1S/C10H15NS/c1-6(2)9-5-7(3)8(4)10(12)11-9/h5-6H,1-4H3,(H,11,12). The van der Waals surface area contributed by atoms with Crippen molar-refractivity contribution < 1.29 is 0 Å². The van der Waals surface area contributed by atoms with E-state index >= 15 is 0 Å². The number of pyridine rings is 1. The highest BCUT2D eigenvalue weighted by Crippen LogP contribution is 2.20. The maximum atomic E-state index is 4.40. The van der Waals surface area contributed by atoms with Gasteiger partial charge in [-0.05, 0) is 37.0 Å². The monoisotopic (exact) mass is 181 g/mol. The Labute approximate surface area is 79.6 Å². The Kier molecular flexibility index (Phi) is 2.78. The summed E-state index contributed by atoms with van der Waals surface area (Å²) in [4.78, 5) is 4.40. The molecule has 0 amide bonds. The SMILES string of the molecule is Cc1cc(C(C)C)nc(S)c1C. The van der Waals surface area contributed by atoms with Crippen LogP contribution in [0.15, 0.2) is 11.1 Å². The Balaban J connectivity index is 3.21. The molecule has 0 spiro atoms. The van der Waals surface area contributed by atoms with Gasteiger partial charge in [0.05, 0.1) is 5.03 Å². The van der Waals surface area contributed by atoms with Crippen molar-refractivity contribution in [3.8, 4) is 0 Å². The molecule has 0 N–H and O–H groups in total. The normalized spacial score (nSPS) is 10.8. The van der Waals surface area contributed by atoms with Crippen molar-refractivity contribution in [3.05, 3.63) is 22.9 Å². The molecule has 2 heteroatoms. The van der Waals surface area contributed by atoms with E-state index < -0.39 is 0 Å².